The largest absolute Gasteiger partial charge is 0.457 e. The Hall–Kier alpha value is -2.09. The van der Waals surface area contributed by atoms with Gasteiger partial charge in [0.2, 0.25) is 0 Å². The second-order valence-corrected chi connectivity index (χ2v) is 4.63. The summed E-state index contributed by atoms with van der Waals surface area (Å²) in [4.78, 5) is 11.7. The molecule has 2 rings (SSSR count). The fraction of sp³-hybridized carbons (Fsp3) is 0.235. The highest BCUT2D eigenvalue weighted by Crippen LogP contribution is 2.22. The number of Topliss-reactive ketones (excluding diaryl/α,β-unsaturated/α-hetero) is 1. The Morgan fingerprint density at radius 2 is 1.89 bits per heavy atom. The number of allylic oxidation sites excluding steroid dienone is 5. The third kappa shape index (κ3) is 3.68. The number of ether oxygens (including phenoxy) is 1. The van der Waals surface area contributed by atoms with Crippen molar-refractivity contribution in [1.82, 2.24) is 0 Å². The lowest BCUT2D eigenvalue weighted by molar-refractivity contribution is -0.113. The molecule has 0 saturated heterocycles. The molecule has 0 spiro atoms. The van der Waals surface area contributed by atoms with Gasteiger partial charge in [-0.1, -0.05) is 29.8 Å². The second-order valence-electron chi connectivity index (χ2n) is 4.63. The maximum absolute atomic E-state index is 11.7. The fourth-order valence-electron chi connectivity index (χ4n) is 1.88. The van der Waals surface area contributed by atoms with E-state index in [4.69, 9.17) is 4.74 Å². The third-order valence-electron chi connectivity index (χ3n) is 2.96. The van der Waals surface area contributed by atoms with Gasteiger partial charge in [0.1, 0.15) is 11.5 Å². The third-order valence-corrected chi connectivity index (χ3v) is 2.96. The minimum absolute atomic E-state index is 0.0184. The maximum atomic E-state index is 11.7. The number of rotatable bonds is 3. The second kappa shape index (κ2) is 6.19. The predicted molar refractivity (Wildman–Crippen MR) is 77.0 cm³/mol. The Morgan fingerprint density at radius 1 is 1.16 bits per heavy atom. The molecule has 0 N–H and O–H groups in total. The average molecular weight is 254 g/mol. The summed E-state index contributed by atoms with van der Waals surface area (Å²) < 4.78 is 5.86. The molecule has 0 radical (unpaired) electrons. The zero-order valence-corrected chi connectivity index (χ0v) is 11.3. The molecule has 2 nitrogen and oxygen atoms in total. The molecule has 0 amide bonds. The first-order chi connectivity index (χ1) is 9.16. The highest BCUT2D eigenvalue weighted by Gasteiger charge is 2.12. The molecular formula is C17H18O2. The predicted octanol–water partition coefficient (Wildman–Crippen LogP) is 4.12. The number of carbonyl (C=O) groups is 1. The van der Waals surface area contributed by atoms with Crippen LogP contribution in [0.15, 0.2) is 59.9 Å². The van der Waals surface area contributed by atoms with Gasteiger partial charge in [0, 0.05) is 0 Å². The van der Waals surface area contributed by atoms with E-state index in [0.29, 0.717) is 11.3 Å². The van der Waals surface area contributed by atoms with Crippen LogP contribution in [-0.4, -0.2) is 5.78 Å². The summed E-state index contributed by atoms with van der Waals surface area (Å²) in [6.45, 7) is 3.60. The Morgan fingerprint density at radius 3 is 2.58 bits per heavy atom. The van der Waals surface area contributed by atoms with Crippen LogP contribution in [0.1, 0.15) is 25.3 Å². The first kappa shape index (κ1) is 13.3. The van der Waals surface area contributed by atoms with Gasteiger partial charge in [0.15, 0.2) is 5.78 Å². The van der Waals surface area contributed by atoms with Crippen LogP contribution < -0.4 is 4.74 Å². The van der Waals surface area contributed by atoms with Crippen LogP contribution in [0, 0.1) is 6.92 Å². The summed E-state index contributed by atoms with van der Waals surface area (Å²) >= 11 is 0. The standard InChI is InChI=1S/C17H18O2/c1-13-9-11-15(12-10-13)19-17-8-6-4-3-5-7-16(17)14(2)18/h3,5,7-12H,4,6H2,1-2H3/b5-3-,16-7-,17-8+. The minimum atomic E-state index is 0.0184. The van der Waals surface area contributed by atoms with E-state index in [-0.39, 0.29) is 5.78 Å². The van der Waals surface area contributed by atoms with Crippen LogP contribution in [0.3, 0.4) is 0 Å². The molecule has 2 heteroatoms. The molecule has 0 saturated carbocycles. The van der Waals surface area contributed by atoms with E-state index in [1.807, 2.05) is 49.4 Å². The molecule has 0 atom stereocenters. The van der Waals surface area contributed by atoms with Crippen molar-refractivity contribution < 1.29 is 9.53 Å². The summed E-state index contributed by atoms with van der Waals surface area (Å²) in [7, 11) is 0. The summed E-state index contributed by atoms with van der Waals surface area (Å²) in [5, 5.41) is 0. The molecule has 0 bridgehead atoms. The fourth-order valence-corrected chi connectivity index (χ4v) is 1.88. The molecule has 0 fully saturated rings. The maximum Gasteiger partial charge on any atom is 0.163 e. The molecule has 0 unspecified atom stereocenters. The van der Waals surface area contributed by atoms with Crippen molar-refractivity contribution in [1.29, 1.82) is 0 Å². The Kier molecular flexibility index (Phi) is 4.35. The van der Waals surface area contributed by atoms with Crippen molar-refractivity contribution in [2.24, 2.45) is 0 Å². The van der Waals surface area contributed by atoms with Crippen LogP contribution >= 0.6 is 0 Å². The Balaban J connectivity index is 2.27. The Labute approximate surface area is 114 Å². The molecule has 1 aliphatic rings. The number of hydrogen-bond donors (Lipinski definition) is 0. The smallest absolute Gasteiger partial charge is 0.163 e. The summed E-state index contributed by atoms with van der Waals surface area (Å²) in [6, 6.07) is 7.83. The van der Waals surface area contributed by atoms with Gasteiger partial charge < -0.3 is 4.74 Å². The van der Waals surface area contributed by atoms with Crippen LogP contribution in [0.5, 0.6) is 5.75 Å². The van der Waals surface area contributed by atoms with Gasteiger partial charge >= 0.3 is 0 Å². The summed E-state index contributed by atoms with van der Waals surface area (Å²) in [5.74, 6) is 1.43. The van der Waals surface area contributed by atoms with Gasteiger partial charge in [-0.25, -0.2) is 0 Å². The molecule has 0 aliphatic heterocycles. The monoisotopic (exact) mass is 254 g/mol. The zero-order chi connectivity index (χ0) is 13.7. The van der Waals surface area contributed by atoms with Crippen molar-refractivity contribution in [3.05, 3.63) is 65.5 Å². The molecule has 98 valence electrons. The first-order valence-corrected chi connectivity index (χ1v) is 6.49. The number of aryl methyl sites for hydroxylation is 1. The topological polar surface area (TPSA) is 26.3 Å². The van der Waals surface area contributed by atoms with Gasteiger partial charge in [0.05, 0.1) is 5.57 Å². The van der Waals surface area contributed by atoms with Gasteiger partial charge in [0.25, 0.3) is 0 Å². The first-order valence-electron chi connectivity index (χ1n) is 6.49. The van der Waals surface area contributed by atoms with Crippen molar-refractivity contribution in [2.75, 3.05) is 0 Å². The lowest BCUT2D eigenvalue weighted by atomic mass is 10.1. The highest BCUT2D eigenvalue weighted by molar-refractivity contribution is 5.97. The van der Waals surface area contributed by atoms with Crippen LogP contribution in [-0.2, 0) is 4.79 Å². The van der Waals surface area contributed by atoms with E-state index in [9.17, 15) is 4.79 Å². The highest BCUT2D eigenvalue weighted by atomic mass is 16.5. The summed E-state index contributed by atoms with van der Waals surface area (Å²) in [5.41, 5.74) is 1.81. The normalized spacial score (nSPS) is 22.2. The molecule has 1 aliphatic carbocycles. The Bertz CT molecular complexity index is 545. The number of ketones is 1. The SMILES string of the molecule is CC(=O)C1=C/C=C\CC/C=C\1Oc1ccc(C)cc1. The van der Waals surface area contributed by atoms with Crippen LogP contribution in [0.4, 0.5) is 0 Å². The number of hydrogen-bond acceptors (Lipinski definition) is 2. The molecule has 0 heterocycles. The minimum Gasteiger partial charge on any atom is -0.457 e. The zero-order valence-electron chi connectivity index (χ0n) is 11.3. The lowest BCUT2D eigenvalue weighted by Crippen LogP contribution is -2.07. The van der Waals surface area contributed by atoms with E-state index < -0.39 is 0 Å². The quantitative estimate of drug-likeness (QED) is 0.811. The van der Waals surface area contributed by atoms with E-state index in [1.165, 1.54) is 5.56 Å². The van der Waals surface area contributed by atoms with Crippen molar-refractivity contribution >= 4 is 5.78 Å². The number of benzene rings is 1. The average Bonchev–Trinajstić information content (AvgIpc) is 2.35. The van der Waals surface area contributed by atoms with E-state index in [2.05, 4.69) is 6.08 Å². The van der Waals surface area contributed by atoms with E-state index in [0.717, 1.165) is 18.6 Å². The van der Waals surface area contributed by atoms with Gasteiger partial charge in [-0.3, -0.25) is 4.79 Å². The van der Waals surface area contributed by atoms with Crippen molar-refractivity contribution in [3.8, 4) is 5.75 Å². The molecular weight excluding hydrogens is 236 g/mol. The van der Waals surface area contributed by atoms with E-state index >= 15 is 0 Å². The molecule has 1 aromatic rings. The molecule has 19 heavy (non-hydrogen) atoms. The molecule has 1 aromatic carbocycles. The van der Waals surface area contributed by atoms with Crippen LogP contribution in [0.25, 0.3) is 0 Å². The molecule has 0 aromatic heterocycles. The van der Waals surface area contributed by atoms with Crippen molar-refractivity contribution in [3.63, 3.8) is 0 Å². The van der Waals surface area contributed by atoms with Crippen LogP contribution in [0.2, 0.25) is 0 Å². The lowest BCUT2D eigenvalue weighted by Gasteiger charge is -2.13. The number of carbonyl (C=O) groups excluding carboxylic acids is 1. The van der Waals surface area contributed by atoms with Gasteiger partial charge in [-0.2, -0.15) is 0 Å². The van der Waals surface area contributed by atoms with Gasteiger partial charge in [-0.15, -0.1) is 0 Å². The van der Waals surface area contributed by atoms with E-state index in [1.54, 1.807) is 6.92 Å². The van der Waals surface area contributed by atoms with Crippen molar-refractivity contribution in [2.45, 2.75) is 26.7 Å². The summed E-state index contributed by atoms with van der Waals surface area (Å²) in [6.07, 6.45) is 9.62. The van der Waals surface area contributed by atoms with Gasteiger partial charge in [-0.05, 0) is 51.0 Å².